The van der Waals surface area contributed by atoms with E-state index in [0.717, 1.165) is 45.3 Å². The van der Waals surface area contributed by atoms with Crippen molar-refractivity contribution < 1.29 is 9.53 Å². The van der Waals surface area contributed by atoms with Crippen LogP contribution in [0.3, 0.4) is 0 Å². The smallest absolute Gasteiger partial charge is 0.253 e. The van der Waals surface area contributed by atoms with E-state index in [4.69, 9.17) is 27.9 Å². The van der Waals surface area contributed by atoms with Gasteiger partial charge in [0.2, 0.25) is 0 Å². The molecule has 0 spiro atoms. The molecular weight excluding hydrogens is 469 g/mol. The van der Waals surface area contributed by atoms with E-state index in [9.17, 15) is 4.79 Å². The highest BCUT2D eigenvalue weighted by molar-refractivity contribution is 6.35. The predicted molar refractivity (Wildman–Crippen MR) is 138 cm³/mol. The first-order valence-corrected chi connectivity index (χ1v) is 11.7. The van der Waals surface area contributed by atoms with Gasteiger partial charge in [-0.3, -0.25) is 9.78 Å². The van der Waals surface area contributed by atoms with Crippen LogP contribution in [0.4, 0.5) is 5.69 Å². The van der Waals surface area contributed by atoms with Gasteiger partial charge in [0, 0.05) is 59.5 Å². The number of nitrogens with zero attached hydrogens (tertiary/aromatic N) is 2. The fraction of sp³-hybridized carbons (Fsp3) is 0.185. The third kappa shape index (κ3) is 4.17. The van der Waals surface area contributed by atoms with Crippen molar-refractivity contribution in [3.8, 4) is 16.9 Å². The summed E-state index contributed by atoms with van der Waals surface area (Å²) in [4.78, 5) is 19.9. The Hall–Kier alpha value is -3.28. The average molecular weight is 492 g/mol. The molecule has 7 heteroatoms. The predicted octanol–water partition coefficient (Wildman–Crippen LogP) is 6.53. The maximum absolute atomic E-state index is 13.5. The first kappa shape index (κ1) is 22.5. The Bertz CT molecular complexity index is 1380. The SMILES string of the molecule is CN(C)c1c(C(=O)N[C@H]2CCOc3ccccc32)ccc2c(-c3cc(Cl)cc(Cl)c3)cncc12. The van der Waals surface area contributed by atoms with Crippen LogP contribution in [0.25, 0.3) is 21.9 Å². The van der Waals surface area contributed by atoms with Crippen LogP contribution in [0.1, 0.15) is 28.4 Å². The number of para-hydroxylation sites is 1. The first-order chi connectivity index (χ1) is 16.4. The van der Waals surface area contributed by atoms with Gasteiger partial charge in [-0.05, 0) is 41.3 Å². The molecule has 0 saturated carbocycles. The standard InChI is InChI=1S/C27H23Cl2N3O2/c1-32(2)26-21(27(33)31-24-9-10-34-25-6-4-3-5-20(24)25)8-7-19-22(14-30-15-23(19)26)16-11-17(28)13-18(29)12-16/h3-8,11-15,24H,9-10H2,1-2H3,(H,31,33)/t24-/m0/s1. The van der Waals surface area contributed by atoms with E-state index in [1.54, 1.807) is 18.5 Å². The Labute approximate surface area is 208 Å². The molecule has 0 radical (unpaired) electrons. The zero-order chi connectivity index (χ0) is 23.8. The summed E-state index contributed by atoms with van der Waals surface area (Å²) in [5.41, 5.74) is 4.16. The lowest BCUT2D eigenvalue weighted by atomic mass is 9.96. The van der Waals surface area contributed by atoms with Crippen molar-refractivity contribution in [2.45, 2.75) is 12.5 Å². The summed E-state index contributed by atoms with van der Waals surface area (Å²) < 4.78 is 5.75. The number of carbonyl (C=O) groups is 1. The van der Waals surface area contributed by atoms with Crippen LogP contribution in [0.5, 0.6) is 5.75 Å². The van der Waals surface area contributed by atoms with Crippen LogP contribution in [0, 0.1) is 0 Å². The molecule has 3 aromatic carbocycles. The number of rotatable bonds is 4. The number of nitrogens with one attached hydrogen (secondary N) is 1. The lowest BCUT2D eigenvalue weighted by molar-refractivity contribution is 0.0925. The second-order valence-corrected chi connectivity index (χ2v) is 9.37. The molecule has 1 aliphatic rings. The van der Waals surface area contributed by atoms with Gasteiger partial charge in [0.25, 0.3) is 5.91 Å². The van der Waals surface area contributed by atoms with Crippen LogP contribution >= 0.6 is 23.2 Å². The van der Waals surface area contributed by atoms with Crippen molar-refractivity contribution >= 4 is 45.6 Å². The Balaban J connectivity index is 1.58. The van der Waals surface area contributed by atoms with Crippen molar-refractivity contribution in [3.05, 3.63) is 88.2 Å². The van der Waals surface area contributed by atoms with E-state index in [1.165, 1.54) is 0 Å². The number of halogens is 2. The zero-order valence-corrected chi connectivity index (χ0v) is 20.3. The molecule has 34 heavy (non-hydrogen) atoms. The minimum Gasteiger partial charge on any atom is -0.493 e. The highest BCUT2D eigenvalue weighted by Crippen LogP contribution is 2.38. The fourth-order valence-electron chi connectivity index (χ4n) is 4.56. The van der Waals surface area contributed by atoms with Crippen LogP contribution in [-0.2, 0) is 0 Å². The number of pyridine rings is 1. The molecule has 0 unspecified atom stereocenters. The summed E-state index contributed by atoms with van der Waals surface area (Å²) in [7, 11) is 3.86. The number of ether oxygens (including phenoxy) is 1. The molecule has 1 atom stereocenters. The van der Waals surface area contributed by atoms with Crippen LogP contribution in [0.15, 0.2) is 67.0 Å². The summed E-state index contributed by atoms with van der Waals surface area (Å²) in [6.45, 7) is 0.565. The zero-order valence-electron chi connectivity index (χ0n) is 18.8. The molecule has 0 aliphatic carbocycles. The molecule has 4 aromatic rings. The van der Waals surface area contributed by atoms with E-state index in [1.807, 2.05) is 67.5 Å². The van der Waals surface area contributed by atoms with E-state index >= 15 is 0 Å². The van der Waals surface area contributed by atoms with E-state index in [2.05, 4.69) is 10.3 Å². The number of benzene rings is 3. The van der Waals surface area contributed by atoms with Gasteiger partial charge < -0.3 is 15.0 Å². The van der Waals surface area contributed by atoms with Gasteiger partial charge in [0.05, 0.1) is 23.9 Å². The molecule has 1 amide bonds. The number of aromatic nitrogens is 1. The van der Waals surface area contributed by atoms with Crippen molar-refractivity contribution in [2.24, 2.45) is 0 Å². The maximum atomic E-state index is 13.5. The number of hydrogen-bond acceptors (Lipinski definition) is 4. The molecule has 0 fully saturated rings. The Kier molecular flexibility index (Phi) is 6.07. The van der Waals surface area contributed by atoms with Gasteiger partial charge in [-0.15, -0.1) is 0 Å². The minimum atomic E-state index is -0.136. The molecule has 5 rings (SSSR count). The fourth-order valence-corrected chi connectivity index (χ4v) is 5.09. The molecule has 0 bridgehead atoms. The van der Waals surface area contributed by atoms with Gasteiger partial charge in [-0.25, -0.2) is 0 Å². The quantitative estimate of drug-likeness (QED) is 0.352. The highest BCUT2D eigenvalue weighted by Gasteiger charge is 2.25. The molecule has 172 valence electrons. The Morgan fingerprint density at radius 1 is 1.03 bits per heavy atom. The number of carbonyl (C=O) groups excluding carboxylic acids is 1. The molecule has 0 saturated heterocycles. The van der Waals surface area contributed by atoms with Gasteiger partial charge in [0.15, 0.2) is 0 Å². The van der Waals surface area contributed by atoms with Crippen molar-refractivity contribution in [2.75, 3.05) is 25.6 Å². The summed E-state index contributed by atoms with van der Waals surface area (Å²) in [5, 5.41) is 6.16. The molecule has 2 heterocycles. The van der Waals surface area contributed by atoms with E-state index < -0.39 is 0 Å². The van der Waals surface area contributed by atoms with E-state index in [0.29, 0.717) is 22.2 Å². The highest BCUT2D eigenvalue weighted by atomic mass is 35.5. The first-order valence-electron chi connectivity index (χ1n) is 11.0. The lowest BCUT2D eigenvalue weighted by Crippen LogP contribution is -2.33. The molecule has 5 nitrogen and oxygen atoms in total. The summed E-state index contributed by atoms with van der Waals surface area (Å²) in [6.07, 6.45) is 4.30. The third-order valence-corrected chi connectivity index (χ3v) is 6.48. The number of hydrogen-bond donors (Lipinski definition) is 1. The summed E-state index contributed by atoms with van der Waals surface area (Å²) in [6, 6.07) is 17.0. The summed E-state index contributed by atoms with van der Waals surface area (Å²) in [5.74, 6) is 0.683. The monoisotopic (exact) mass is 491 g/mol. The van der Waals surface area contributed by atoms with Crippen molar-refractivity contribution in [1.29, 1.82) is 0 Å². The van der Waals surface area contributed by atoms with Crippen LogP contribution in [-0.4, -0.2) is 31.6 Å². The largest absolute Gasteiger partial charge is 0.493 e. The molecule has 1 aliphatic heterocycles. The maximum Gasteiger partial charge on any atom is 0.253 e. The second kappa shape index (κ2) is 9.16. The molecule has 1 aromatic heterocycles. The van der Waals surface area contributed by atoms with Gasteiger partial charge in [-0.1, -0.05) is 47.5 Å². The molecular formula is C27H23Cl2N3O2. The molecule has 1 N–H and O–H groups in total. The Morgan fingerprint density at radius 3 is 2.56 bits per heavy atom. The average Bonchev–Trinajstić information content (AvgIpc) is 2.82. The third-order valence-electron chi connectivity index (χ3n) is 6.04. The minimum absolute atomic E-state index is 0.110. The van der Waals surface area contributed by atoms with Crippen molar-refractivity contribution in [3.63, 3.8) is 0 Å². The summed E-state index contributed by atoms with van der Waals surface area (Å²) >= 11 is 12.5. The lowest BCUT2D eigenvalue weighted by Gasteiger charge is -2.27. The second-order valence-electron chi connectivity index (χ2n) is 8.50. The Morgan fingerprint density at radius 2 is 1.79 bits per heavy atom. The van der Waals surface area contributed by atoms with Gasteiger partial charge in [-0.2, -0.15) is 0 Å². The topological polar surface area (TPSA) is 54.5 Å². The van der Waals surface area contributed by atoms with Crippen LogP contribution in [0.2, 0.25) is 10.0 Å². The van der Waals surface area contributed by atoms with Crippen molar-refractivity contribution in [1.82, 2.24) is 10.3 Å². The number of fused-ring (bicyclic) bond motifs is 2. The number of amides is 1. The van der Waals surface area contributed by atoms with Gasteiger partial charge in [0.1, 0.15) is 5.75 Å². The van der Waals surface area contributed by atoms with Crippen LogP contribution < -0.4 is 15.0 Å². The van der Waals surface area contributed by atoms with Gasteiger partial charge >= 0.3 is 0 Å². The normalized spacial score (nSPS) is 14.9. The number of anilines is 1. The van der Waals surface area contributed by atoms with E-state index in [-0.39, 0.29) is 11.9 Å².